The molecule has 0 atom stereocenters. The van der Waals surface area contributed by atoms with Crippen molar-refractivity contribution in [2.45, 2.75) is 24.6 Å². The molecule has 2 aliphatic rings. The Morgan fingerprint density at radius 3 is 2.44 bits per heavy atom. The van der Waals surface area contributed by atoms with Crippen LogP contribution in [0.5, 0.6) is 0 Å². The van der Waals surface area contributed by atoms with Crippen LogP contribution in [-0.2, 0) is 9.53 Å². The SMILES string of the molecule is CCOC(=O)C1C=CC2=C(C=C1)CC(Br)C2. The molecule has 0 aromatic rings. The van der Waals surface area contributed by atoms with E-state index in [2.05, 4.69) is 28.1 Å². The normalized spacial score (nSPS) is 21.1. The van der Waals surface area contributed by atoms with Crippen LogP contribution in [0.15, 0.2) is 35.5 Å². The minimum Gasteiger partial charge on any atom is -0.465 e. The second-order valence-electron chi connectivity index (χ2n) is 4.05. The summed E-state index contributed by atoms with van der Waals surface area (Å²) in [4.78, 5) is 12.1. The number of hydrogen-bond acceptors (Lipinski definition) is 2. The number of halogens is 1. The molecule has 0 N–H and O–H groups in total. The minimum absolute atomic E-state index is 0.161. The molecule has 16 heavy (non-hydrogen) atoms. The van der Waals surface area contributed by atoms with Crippen molar-refractivity contribution in [3.63, 3.8) is 0 Å². The van der Waals surface area contributed by atoms with Gasteiger partial charge in [0.2, 0.25) is 0 Å². The molecule has 0 saturated carbocycles. The molecule has 86 valence electrons. The molecule has 3 heteroatoms. The lowest BCUT2D eigenvalue weighted by molar-refractivity contribution is -0.144. The van der Waals surface area contributed by atoms with Gasteiger partial charge in [-0.25, -0.2) is 0 Å². The average molecular weight is 283 g/mol. The van der Waals surface area contributed by atoms with E-state index in [0.29, 0.717) is 11.4 Å². The third-order valence-electron chi connectivity index (χ3n) is 2.86. The summed E-state index contributed by atoms with van der Waals surface area (Å²) in [5.41, 5.74) is 2.68. The van der Waals surface area contributed by atoms with E-state index >= 15 is 0 Å². The van der Waals surface area contributed by atoms with Crippen molar-refractivity contribution < 1.29 is 9.53 Å². The maximum absolute atomic E-state index is 11.6. The molecule has 0 aromatic carbocycles. The van der Waals surface area contributed by atoms with Gasteiger partial charge in [-0.05, 0) is 30.9 Å². The summed E-state index contributed by atoms with van der Waals surface area (Å²) in [5, 5.41) is 0. The quantitative estimate of drug-likeness (QED) is 0.575. The zero-order chi connectivity index (χ0) is 11.5. The fourth-order valence-corrected chi connectivity index (χ4v) is 2.76. The third kappa shape index (κ3) is 2.46. The van der Waals surface area contributed by atoms with Gasteiger partial charge in [0.25, 0.3) is 0 Å². The number of allylic oxidation sites excluding steroid dienone is 4. The molecular formula is C13H15BrO2. The van der Waals surface area contributed by atoms with E-state index in [4.69, 9.17) is 4.74 Å². The summed E-state index contributed by atoms with van der Waals surface area (Å²) in [6.45, 7) is 2.27. The highest BCUT2D eigenvalue weighted by Crippen LogP contribution is 2.34. The van der Waals surface area contributed by atoms with Gasteiger partial charge in [0.15, 0.2) is 0 Å². The van der Waals surface area contributed by atoms with Gasteiger partial charge in [-0.15, -0.1) is 0 Å². The van der Waals surface area contributed by atoms with E-state index in [1.54, 1.807) is 0 Å². The van der Waals surface area contributed by atoms with Crippen LogP contribution in [0.25, 0.3) is 0 Å². The third-order valence-corrected chi connectivity index (χ3v) is 3.51. The van der Waals surface area contributed by atoms with Crippen molar-refractivity contribution >= 4 is 21.9 Å². The maximum atomic E-state index is 11.6. The molecule has 0 saturated heterocycles. The first-order valence-electron chi connectivity index (χ1n) is 5.60. The molecule has 0 amide bonds. The number of hydrogen-bond donors (Lipinski definition) is 0. The van der Waals surface area contributed by atoms with E-state index < -0.39 is 0 Å². The Labute approximate surface area is 104 Å². The molecule has 0 radical (unpaired) electrons. The van der Waals surface area contributed by atoms with Gasteiger partial charge in [-0.1, -0.05) is 40.2 Å². The lowest BCUT2D eigenvalue weighted by Gasteiger charge is -2.06. The van der Waals surface area contributed by atoms with Gasteiger partial charge < -0.3 is 4.74 Å². The highest BCUT2D eigenvalue weighted by Gasteiger charge is 2.22. The lowest BCUT2D eigenvalue weighted by Crippen LogP contribution is -2.13. The summed E-state index contributed by atoms with van der Waals surface area (Å²) in [5.74, 6) is -0.383. The van der Waals surface area contributed by atoms with Crippen molar-refractivity contribution in [1.29, 1.82) is 0 Å². The first-order chi connectivity index (χ1) is 7.70. The summed E-state index contributed by atoms with van der Waals surface area (Å²) in [7, 11) is 0. The Kier molecular flexibility index (Phi) is 3.64. The van der Waals surface area contributed by atoms with Crippen LogP contribution in [0.2, 0.25) is 0 Å². The number of rotatable bonds is 2. The van der Waals surface area contributed by atoms with Crippen LogP contribution in [-0.4, -0.2) is 17.4 Å². The molecule has 2 aliphatic carbocycles. The molecule has 2 rings (SSSR count). The fourth-order valence-electron chi connectivity index (χ4n) is 2.06. The van der Waals surface area contributed by atoms with Crippen LogP contribution in [0.3, 0.4) is 0 Å². The number of ether oxygens (including phenoxy) is 1. The summed E-state index contributed by atoms with van der Waals surface area (Å²) in [6, 6.07) is 0. The number of carbonyl (C=O) groups is 1. The highest BCUT2D eigenvalue weighted by atomic mass is 79.9. The molecule has 0 fully saturated rings. The zero-order valence-corrected chi connectivity index (χ0v) is 10.9. The molecule has 0 aromatic heterocycles. The largest absolute Gasteiger partial charge is 0.465 e. The highest BCUT2D eigenvalue weighted by molar-refractivity contribution is 9.09. The van der Waals surface area contributed by atoms with E-state index in [0.717, 1.165) is 12.8 Å². The zero-order valence-electron chi connectivity index (χ0n) is 9.28. The second-order valence-corrected chi connectivity index (χ2v) is 5.35. The summed E-state index contributed by atoms with van der Waals surface area (Å²) < 4.78 is 5.01. The number of carbonyl (C=O) groups excluding carboxylic acids is 1. The summed E-state index contributed by atoms with van der Waals surface area (Å²) in [6.07, 6.45) is 10.1. The first-order valence-corrected chi connectivity index (χ1v) is 6.51. The minimum atomic E-state index is -0.223. The number of alkyl halides is 1. The van der Waals surface area contributed by atoms with Gasteiger partial charge in [-0.2, -0.15) is 0 Å². The fraction of sp³-hybridized carbons (Fsp3) is 0.462. The summed E-state index contributed by atoms with van der Waals surface area (Å²) >= 11 is 3.62. The maximum Gasteiger partial charge on any atom is 0.316 e. The smallest absolute Gasteiger partial charge is 0.316 e. The Bertz CT molecular complexity index is 353. The van der Waals surface area contributed by atoms with Gasteiger partial charge in [0.05, 0.1) is 12.5 Å². The van der Waals surface area contributed by atoms with Crippen LogP contribution < -0.4 is 0 Å². The van der Waals surface area contributed by atoms with Crippen molar-refractivity contribution in [1.82, 2.24) is 0 Å². The van der Waals surface area contributed by atoms with E-state index in [1.807, 2.05) is 19.1 Å². The van der Waals surface area contributed by atoms with Crippen molar-refractivity contribution in [2.75, 3.05) is 6.61 Å². The van der Waals surface area contributed by atoms with E-state index in [-0.39, 0.29) is 11.9 Å². The van der Waals surface area contributed by atoms with Gasteiger partial charge in [-0.3, -0.25) is 4.79 Å². The average Bonchev–Trinajstić information content (AvgIpc) is 2.48. The second kappa shape index (κ2) is 5.00. The van der Waals surface area contributed by atoms with Crippen molar-refractivity contribution in [3.8, 4) is 0 Å². The van der Waals surface area contributed by atoms with Crippen molar-refractivity contribution in [2.24, 2.45) is 5.92 Å². The van der Waals surface area contributed by atoms with Gasteiger partial charge in [0.1, 0.15) is 0 Å². The van der Waals surface area contributed by atoms with Crippen molar-refractivity contribution in [3.05, 3.63) is 35.5 Å². The molecule has 0 heterocycles. The Morgan fingerprint density at radius 2 is 1.94 bits per heavy atom. The van der Waals surface area contributed by atoms with Crippen LogP contribution in [0.4, 0.5) is 0 Å². The predicted molar refractivity (Wildman–Crippen MR) is 67.4 cm³/mol. The lowest BCUT2D eigenvalue weighted by atomic mass is 10.1. The molecule has 0 spiro atoms. The van der Waals surface area contributed by atoms with Gasteiger partial charge >= 0.3 is 5.97 Å². The van der Waals surface area contributed by atoms with Gasteiger partial charge in [0, 0.05) is 4.83 Å². The molecule has 0 bridgehead atoms. The Hall–Kier alpha value is -0.830. The van der Waals surface area contributed by atoms with Crippen LogP contribution in [0.1, 0.15) is 19.8 Å². The first kappa shape index (κ1) is 11.6. The topological polar surface area (TPSA) is 26.3 Å². The predicted octanol–water partition coefficient (Wildman–Crippen LogP) is 3.15. The Balaban J connectivity index is 2.09. The molecular weight excluding hydrogens is 268 g/mol. The molecule has 0 aliphatic heterocycles. The standard InChI is InChI=1S/C13H15BrO2/c1-2-16-13(15)9-3-5-10-7-12(14)8-11(10)6-4-9/h3-6,9,12H,2,7-8H2,1H3. The Morgan fingerprint density at radius 1 is 1.38 bits per heavy atom. The number of esters is 1. The van der Waals surface area contributed by atoms with Crippen LogP contribution >= 0.6 is 15.9 Å². The van der Waals surface area contributed by atoms with Crippen LogP contribution in [0, 0.1) is 5.92 Å². The van der Waals surface area contributed by atoms with E-state index in [9.17, 15) is 4.79 Å². The monoisotopic (exact) mass is 282 g/mol. The van der Waals surface area contributed by atoms with E-state index in [1.165, 1.54) is 11.1 Å². The molecule has 0 unspecified atom stereocenters. The molecule has 2 nitrogen and oxygen atoms in total.